The molecule has 0 spiro atoms. The van der Waals surface area contributed by atoms with Crippen molar-refractivity contribution in [3.05, 3.63) is 59.0 Å². The Morgan fingerprint density at radius 1 is 1.18 bits per heavy atom. The van der Waals surface area contributed by atoms with Gasteiger partial charge < -0.3 is 26.4 Å². The van der Waals surface area contributed by atoms with E-state index < -0.39 is 60.5 Å². The van der Waals surface area contributed by atoms with E-state index in [9.17, 15) is 41.4 Å². The summed E-state index contributed by atoms with van der Waals surface area (Å²) in [6.45, 7) is -0.646. The fourth-order valence-corrected chi connectivity index (χ4v) is 3.95. The van der Waals surface area contributed by atoms with Gasteiger partial charge in [0.2, 0.25) is 5.91 Å². The van der Waals surface area contributed by atoms with Crippen LogP contribution in [0.15, 0.2) is 41.5 Å². The van der Waals surface area contributed by atoms with Gasteiger partial charge >= 0.3 is 12.1 Å². The number of anilines is 1. The number of rotatable bonds is 8. The monoisotopic (exact) mass is 567 g/mol. The Kier molecular flexibility index (Phi) is 8.16. The number of carbonyl (C=O) groups is 3. The Bertz CT molecular complexity index is 1470. The number of amides is 2. The van der Waals surface area contributed by atoms with Crippen LogP contribution in [0.4, 0.5) is 27.6 Å². The highest BCUT2D eigenvalue weighted by Gasteiger charge is 2.35. The van der Waals surface area contributed by atoms with Gasteiger partial charge in [-0.15, -0.1) is 0 Å². The quantitative estimate of drug-likeness (QED) is 0.228. The van der Waals surface area contributed by atoms with Gasteiger partial charge in [-0.1, -0.05) is 6.07 Å². The van der Waals surface area contributed by atoms with Crippen molar-refractivity contribution in [2.75, 3.05) is 25.0 Å². The van der Waals surface area contributed by atoms with E-state index in [1.54, 1.807) is 6.07 Å². The van der Waals surface area contributed by atoms with Gasteiger partial charge in [0.25, 0.3) is 5.91 Å². The summed E-state index contributed by atoms with van der Waals surface area (Å²) in [6, 6.07) is 3.53. The number of guanidine groups is 1. The Balaban J connectivity index is 1.47. The summed E-state index contributed by atoms with van der Waals surface area (Å²) in [6.07, 6.45) is -5.58. The summed E-state index contributed by atoms with van der Waals surface area (Å²) in [4.78, 5) is 40.8. The summed E-state index contributed by atoms with van der Waals surface area (Å²) in [7, 11) is 0. The maximum absolute atomic E-state index is 13.7. The number of hydrogen-bond acceptors (Lipinski definition) is 7. The van der Waals surface area contributed by atoms with Gasteiger partial charge in [0.05, 0.1) is 54.9 Å². The lowest BCUT2D eigenvalue weighted by Crippen LogP contribution is -2.41. The third-order valence-electron chi connectivity index (χ3n) is 5.83. The Labute approximate surface area is 222 Å². The van der Waals surface area contributed by atoms with Crippen LogP contribution in [0.1, 0.15) is 33.9 Å². The average Bonchev–Trinajstić information content (AvgIpc) is 3.36. The molecule has 1 aliphatic rings. The maximum atomic E-state index is 13.7. The van der Waals surface area contributed by atoms with E-state index in [0.717, 1.165) is 6.07 Å². The van der Waals surface area contributed by atoms with E-state index >= 15 is 0 Å². The first-order valence-electron chi connectivity index (χ1n) is 11.7. The van der Waals surface area contributed by atoms with Crippen molar-refractivity contribution in [2.24, 2.45) is 4.99 Å². The first kappa shape index (κ1) is 28.3. The van der Waals surface area contributed by atoms with Crippen LogP contribution in [0.5, 0.6) is 0 Å². The molecule has 3 aromatic rings. The van der Waals surface area contributed by atoms with E-state index in [-0.39, 0.29) is 30.2 Å². The zero-order valence-electron chi connectivity index (χ0n) is 20.4. The van der Waals surface area contributed by atoms with Crippen LogP contribution in [0.2, 0.25) is 0 Å². The SMILES string of the molecule is O=C(O)C[C@H](NC(=O)CNC(=O)c1cc(NC2=NCC(F)CN2)cc2[nH]ncc12)c1ccc(F)c(C(F)(F)F)c1. The number of nitrogens with one attached hydrogen (secondary N) is 5. The number of hydrogen-bond donors (Lipinski definition) is 6. The Hall–Kier alpha value is -4.76. The minimum Gasteiger partial charge on any atom is -0.481 e. The number of aromatic nitrogens is 2. The van der Waals surface area contributed by atoms with E-state index in [2.05, 4.69) is 36.5 Å². The molecule has 2 heterocycles. The minimum absolute atomic E-state index is 0.0393. The van der Waals surface area contributed by atoms with Crippen LogP contribution in [-0.4, -0.2) is 64.9 Å². The number of benzene rings is 2. The number of carboxylic acid groups (broad SMARTS) is 1. The number of carboxylic acids is 1. The highest BCUT2D eigenvalue weighted by Crippen LogP contribution is 2.33. The number of H-pyrrole nitrogens is 1. The molecule has 0 aliphatic carbocycles. The molecule has 1 unspecified atom stereocenters. The van der Waals surface area contributed by atoms with Crippen LogP contribution in [-0.2, 0) is 15.8 Å². The molecular weight excluding hydrogens is 545 g/mol. The highest BCUT2D eigenvalue weighted by molar-refractivity contribution is 6.09. The molecule has 16 heteroatoms. The van der Waals surface area contributed by atoms with Crippen LogP contribution >= 0.6 is 0 Å². The topological polar surface area (TPSA) is 161 Å². The maximum Gasteiger partial charge on any atom is 0.419 e. The molecule has 6 N–H and O–H groups in total. The first-order valence-corrected chi connectivity index (χ1v) is 11.7. The van der Waals surface area contributed by atoms with Crippen LogP contribution in [0.3, 0.4) is 0 Å². The molecule has 2 atom stereocenters. The van der Waals surface area contributed by atoms with Crippen molar-refractivity contribution >= 4 is 40.3 Å². The number of alkyl halides is 4. The molecule has 0 fully saturated rings. The van der Waals surface area contributed by atoms with Crippen molar-refractivity contribution < 1.29 is 41.4 Å². The summed E-state index contributed by atoms with van der Waals surface area (Å²) in [5.74, 6) is -4.32. The smallest absolute Gasteiger partial charge is 0.419 e. The third-order valence-corrected chi connectivity index (χ3v) is 5.83. The highest BCUT2D eigenvalue weighted by atomic mass is 19.4. The molecule has 2 amide bonds. The molecule has 11 nitrogen and oxygen atoms in total. The molecule has 1 aromatic heterocycles. The Morgan fingerprint density at radius 2 is 1.95 bits per heavy atom. The van der Waals surface area contributed by atoms with Crippen molar-refractivity contribution in [3.63, 3.8) is 0 Å². The van der Waals surface area contributed by atoms with E-state index in [1.807, 2.05) is 0 Å². The molecule has 0 saturated heterocycles. The number of carbonyl (C=O) groups excluding carboxylic acids is 2. The summed E-state index contributed by atoms with van der Waals surface area (Å²) >= 11 is 0. The van der Waals surface area contributed by atoms with Crippen molar-refractivity contribution in [2.45, 2.75) is 24.8 Å². The summed E-state index contributed by atoms with van der Waals surface area (Å²) < 4.78 is 66.4. The number of aliphatic carboxylic acids is 1. The van der Waals surface area contributed by atoms with E-state index in [1.165, 1.54) is 12.3 Å². The molecular formula is C24H22F5N7O4. The molecule has 40 heavy (non-hydrogen) atoms. The third kappa shape index (κ3) is 6.81. The Morgan fingerprint density at radius 3 is 2.62 bits per heavy atom. The average molecular weight is 567 g/mol. The number of aromatic amines is 1. The largest absolute Gasteiger partial charge is 0.481 e. The number of halogens is 5. The minimum atomic E-state index is -5.04. The second-order valence-corrected chi connectivity index (χ2v) is 8.79. The molecule has 1 aliphatic heterocycles. The predicted molar refractivity (Wildman–Crippen MR) is 132 cm³/mol. The van der Waals surface area contributed by atoms with Crippen LogP contribution in [0, 0.1) is 5.82 Å². The second-order valence-electron chi connectivity index (χ2n) is 8.79. The predicted octanol–water partition coefficient (Wildman–Crippen LogP) is 2.49. The lowest BCUT2D eigenvalue weighted by atomic mass is 10.0. The normalized spacial score (nSPS) is 16.0. The van der Waals surface area contributed by atoms with Gasteiger partial charge in [0.1, 0.15) is 12.0 Å². The molecule has 212 valence electrons. The molecule has 0 bridgehead atoms. The zero-order valence-corrected chi connectivity index (χ0v) is 20.4. The fraction of sp³-hybridized carbons (Fsp3) is 0.292. The number of aliphatic imine (C=N–C) groups is 1. The van der Waals surface area contributed by atoms with Gasteiger partial charge in [-0.05, 0) is 29.8 Å². The molecule has 0 saturated carbocycles. The van der Waals surface area contributed by atoms with Crippen LogP contribution < -0.4 is 21.3 Å². The lowest BCUT2D eigenvalue weighted by Gasteiger charge is -2.20. The lowest BCUT2D eigenvalue weighted by molar-refractivity contribution is -0.140. The van der Waals surface area contributed by atoms with Crippen molar-refractivity contribution in [1.29, 1.82) is 0 Å². The van der Waals surface area contributed by atoms with Gasteiger partial charge in [0, 0.05) is 11.1 Å². The molecule has 4 rings (SSSR count). The van der Waals surface area contributed by atoms with E-state index in [4.69, 9.17) is 0 Å². The van der Waals surface area contributed by atoms with Gasteiger partial charge in [0.15, 0.2) is 5.96 Å². The van der Waals surface area contributed by atoms with Crippen molar-refractivity contribution in [1.82, 2.24) is 26.1 Å². The van der Waals surface area contributed by atoms with Gasteiger partial charge in [-0.3, -0.25) is 19.5 Å². The molecule has 0 radical (unpaired) electrons. The second kappa shape index (κ2) is 11.5. The number of nitrogens with zero attached hydrogens (tertiary/aromatic N) is 2. The first-order chi connectivity index (χ1) is 18.9. The van der Waals surface area contributed by atoms with Gasteiger partial charge in [-0.25, -0.2) is 13.8 Å². The van der Waals surface area contributed by atoms with Gasteiger partial charge in [-0.2, -0.15) is 18.3 Å². The summed E-state index contributed by atoms with van der Waals surface area (Å²) in [5.41, 5.74) is -0.949. The van der Waals surface area contributed by atoms with E-state index in [0.29, 0.717) is 28.7 Å². The fourth-order valence-electron chi connectivity index (χ4n) is 3.95. The van der Waals surface area contributed by atoms with Crippen LogP contribution in [0.25, 0.3) is 10.9 Å². The summed E-state index contributed by atoms with van der Waals surface area (Å²) in [5, 5.41) is 26.5. The zero-order chi connectivity index (χ0) is 29.0. The number of fused-ring (bicyclic) bond motifs is 1. The molecule has 2 aromatic carbocycles. The van der Waals surface area contributed by atoms with Crippen molar-refractivity contribution in [3.8, 4) is 0 Å². The standard InChI is InChI=1S/C24H22F5N7O4/c25-12-7-31-23(32-8-12)34-13-4-14(15-9-33-36-19(15)5-13)22(40)30-10-20(37)35-18(6-21(38)39)11-1-2-17(26)16(3-11)24(27,28)29/h1-5,9,12,18H,6-8,10H2,(H,30,40)(H,33,36)(H,35,37)(H,38,39)(H2,31,32,34)/t18-/m0/s1.